The molecule has 82 valence electrons. The smallest absolute Gasteiger partial charge is 0.184 e. The molecule has 0 spiro atoms. The van der Waals surface area contributed by atoms with Gasteiger partial charge in [-0.3, -0.25) is 0 Å². The normalized spacial score (nSPS) is 40.5. The van der Waals surface area contributed by atoms with E-state index in [0.29, 0.717) is 5.92 Å². The van der Waals surface area contributed by atoms with Crippen LogP contribution < -0.4 is 0 Å². The van der Waals surface area contributed by atoms with Crippen LogP contribution in [0.3, 0.4) is 0 Å². The van der Waals surface area contributed by atoms with E-state index in [2.05, 4.69) is 19.6 Å². The first-order chi connectivity index (χ1) is 6.30. The number of fused-ring (bicyclic) bond motifs is 1. The Morgan fingerprint density at radius 2 is 1.86 bits per heavy atom. The first-order valence-electron chi connectivity index (χ1n) is 5.38. The standard InChI is InChI=1S/C10H18Cl2OSi/c1-14(2,3)13-9-7-5-4-6-8(9)10(9,11)12/h8H,4-7H2,1-3H3. The van der Waals surface area contributed by atoms with Crippen LogP contribution in [0.5, 0.6) is 0 Å². The number of hydrogen-bond donors (Lipinski definition) is 0. The average molecular weight is 253 g/mol. The van der Waals surface area contributed by atoms with E-state index in [1.165, 1.54) is 12.8 Å². The minimum absolute atomic E-state index is 0.182. The molecule has 0 aliphatic heterocycles. The van der Waals surface area contributed by atoms with Gasteiger partial charge in [0.05, 0.1) is 5.60 Å². The fourth-order valence-electron chi connectivity index (χ4n) is 2.73. The van der Waals surface area contributed by atoms with Gasteiger partial charge in [-0.2, -0.15) is 0 Å². The van der Waals surface area contributed by atoms with Crippen LogP contribution in [0.4, 0.5) is 0 Å². The van der Waals surface area contributed by atoms with Gasteiger partial charge in [0.25, 0.3) is 0 Å². The predicted molar refractivity (Wildman–Crippen MR) is 63.6 cm³/mol. The Hall–Kier alpha value is 0.757. The first kappa shape index (κ1) is 11.2. The highest BCUT2D eigenvalue weighted by Gasteiger charge is 2.77. The fourth-order valence-corrected chi connectivity index (χ4v) is 5.35. The van der Waals surface area contributed by atoms with Gasteiger partial charge in [-0.05, 0) is 32.5 Å². The molecule has 0 aromatic carbocycles. The summed E-state index contributed by atoms with van der Waals surface area (Å²) in [6.07, 6.45) is 4.65. The third kappa shape index (κ3) is 1.55. The Labute approximate surface area is 97.2 Å². The average Bonchev–Trinajstić information content (AvgIpc) is 2.46. The van der Waals surface area contributed by atoms with E-state index in [0.717, 1.165) is 12.8 Å². The van der Waals surface area contributed by atoms with Crippen molar-refractivity contribution >= 4 is 31.5 Å². The summed E-state index contributed by atoms with van der Waals surface area (Å²) in [4.78, 5) is 0. The van der Waals surface area contributed by atoms with Crippen LogP contribution in [-0.2, 0) is 4.43 Å². The van der Waals surface area contributed by atoms with E-state index in [4.69, 9.17) is 27.6 Å². The molecular formula is C10H18Cl2OSi. The molecule has 2 saturated carbocycles. The molecule has 0 radical (unpaired) electrons. The monoisotopic (exact) mass is 252 g/mol. The minimum atomic E-state index is -1.53. The van der Waals surface area contributed by atoms with Crippen LogP contribution in [-0.4, -0.2) is 18.3 Å². The molecule has 0 N–H and O–H groups in total. The Morgan fingerprint density at radius 3 is 2.36 bits per heavy atom. The molecule has 14 heavy (non-hydrogen) atoms. The molecule has 0 amide bonds. The molecule has 0 saturated heterocycles. The van der Waals surface area contributed by atoms with Crippen LogP contribution in [0, 0.1) is 5.92 Å². The summed E-state index contributed by atoms with van der Waals surface area (Å²) in [7, 11) is -1.53. The Kier molecular flexibility index (Phi) is 2.51. The van der Waals surface area contributed by atoms with Crippen molar-refractivity contribution in [3.05, 3.63) is 0 Å². The molecular weight excluding hydrogens is 235 g/mol. The molecule has 4 heteroatoms. The predicted octanol–water partition coefficient (Wildman–Crippen LogP) is 3.95. The summed E-state index contributed by atoms with van der Waals surface area (Å²) in [5.74, 6) is 0.388. The molecule has 0 bridgehead atoms. The van der Waals surface area contributed by atoms with E-state index in [9.17, 15) is 0 Å². The van der Waals surface area contributed by atoms with Crippen molar-refractivity contribution in [2.45, 2.75) is 55.3 Å². The van der Waals surface area contributed by atoms with Gasteiger partial charge in [0.15, 0.2) is 12.7 Å². The highest BCUT2D eigenvalue weighted by atomic mass is 35.5. The number of hydrogen-bond acceptors (Lipinski definition) is 1. The van der Waals surface area contributed by atoms with Crippen LogP contribution in [0.25, 0.3) is 0 Å². The zero-order valence-electron chi connectivity index (χ0n) is 9.07. The van der Waals surface area contributed by atoms with Crippen LogP contribution in [0.15, 0.2) is 0 Å². The second kappa shape index (κ2) is 3.13. The summed E-state index contributed by atoms with van der Waals surface area (Å²) >= 11 is 12.7. The Morgan fingerprint density at radius 1 is 1.21 bits per heavy atom. The van der Waals surface area contributed by atoms with E-state index in [-0.39, 0.29) is 5.60 Å². The van der Waals surface area contributed by atoms with Crippen LogP contribution >= 0.6 is 23.2 Å². The molecule has 2 rings (SSSR count). The quantitative estimate of drug-likeness (QED) is 0.534. The lowest BCUT2D eigenvalue weighted by Crippen LogP contribution is -2.37. The van der Waals surface area contributed by atoms with Gasteiger partial charge >= 0.3 is 0 Å². The van der Waals surface area contributed by atoms with Gasteiger partial charge in [0, 0.05) is 5.92 Å². The summed E-state index contributed by atoms with van der Waals surface area (Å²) in [6, 6.07) is 0. The Bertz CT molecular complexity index is 249. The zero-order valence-corrected chi connectivity index (χ0v) is 11.6. The van der Waals surface area contributed by atoms with Crippen molar-refractivity contribution in [3.63, 3.8) is 0 Å². The molecule has 2 fully saturated rings. The van der Waals surface area contributed by atoms with Crippen LogP contribution in [0.1, 0.15) is 25.7 Å². The van der Waals surface area contributed by atoms with E-state index < -0.39 is 12.7 Å². The third-order valence-corrected chi connectivity index (χ3v) is 5.40. The molecule has 0 heterocycles. The minimum Gasteiger partial charge on any atom is -0.409 e. The van der Waals surface area contributed by atoms with Crippen molar-refractivity contribution in [3.8, 4) is 0 Å². The number of alkyl halides is 2. The lowest BCUT2D eigenvalue weighted by molar-refractivity contribution is 0.119. The largest absolute Gasteiger partial charge is 0.409 e. The van der Waals surface area contributed by atoms with E-state index in [1.807, 2.05) is 0 Å². The molecule has 2 aliphatic rings. The maximum absolute atomic E-state index is 6.34. The molecule has 1 nitrogen and oxygen atoms in total. The Balaban J connectivity index is 2.15. The van der Waals surface area contributed by atoms with Crippen LogP contribution in [0.2, 0.25) is 19.6 Å². The van der Waals surface area contributed by atoms with Crippen molar-refractivity contribution in [2.75, 3.05) is 0 Å². The molecule has 2 atom stereocenters. The SMILES string of the molecule is C[Si](C)(C)OC12CCCCC1C2(Cl)Cl. The zero-order chi connectivity index (χ0) is 10.6. The summed E-state index contributed by atoms with van der Waals surface area (Å²) in [5.41, 5.74) is -0.182. The summed E-state index contributed by atoms with van der Waals surface area (Å²) in [5, 5.41) is 0. The van der Waals surface area contributed by atoms with Gasteiger partial charge in [-0.25, -0.2) is 0 Å². The van der Waals surface area contributed by atoms with Crippen molar-refractivity contribution in [2.24, 2.45) is 5.92 Å². The van der Waals surface area contributed by atoms with Crippen molar-refractivity contribution in [1.82, 2.24) is 0 Å². The molecule has 0 aromatic heterocycles. The van der Waals surface area contributed by atoms with Gasteiger partial charge in [0.1, 0.15) is 0 Å². The lowest BCUT2D eigenvalue weighted by Gasteiger charge is -2.30. The highest BCUT2D eigenvalue weighted by Crippen LogP contribution is 2.70. The van der Waals surface area contributed by atoms with Gasteiger partial charge in [-0.15, -0.1) is 0 Å². The van der Waals surface area contributed by atoms with E-state index in [1.54, 1.807) is 0 Å². The summed E-state index contributed by atoms with van der Waals surface area (Å²) < 4.78 is 5.64. The third-order valence-electron chi connectivity index (χ3n) is 3.26. The second-order valence-corrected chi connectivity index (χ2v) is 11.3. The highest BCUT2D eigenvalue weighted by molar-refractivity contribution is 6.70. The maximum Gasteiger partial charge on any atom is 0.184 e. The first-order valence-corrected chi connectivity index (χ1v) is 9.54. The lowest BCUT2D eigenvalue weighted by atomic mass is 9.98. The molecule has 2 aliphatic carbocycles. The van der Waals surface area contributed by atoms with E-state index >= 15 is 0 Å². The van der Waals surface area contributed by atoms with Gasteiger partial charge < -0.3 is 4.43 Å². The molecule has 0 aromatic rings. The molecule has 2 unspecified atom stereocenters. The van der Waals surface area contributed by atoms with Gasteiger partial charge in [-0.1, -0.05) is 36.0 Å². The van der Waals surface area contributed by atoms with Crippen molar-refractivity contribution < 1.29 is 4.43 Å². The number of rotatable bonds is 2. The van der Waals surface area contributed by atoms with Gasteiger partial charge in [0.2, 0.25) is 0 Å². The topological polar surface area (TPSA) is 9.23 Å². The fraction of sp³-hybridized carbons (Fsp3) is 1.00. The maximum atomic E-state index is 6.34. The number of halogens is 2. The second-order valence-electron chi connectivity index (χ2n) is 5.53. The summed E-state index contributed by atoms with van der Waals surface area (Å²) in [6.45, 7) is 6.61. The van der Waals surface area contributed by atoms with Crippen molar-refractivity contribution in [1.29, 1.82) is 0 Å².